The Morgan fingerprint density at radius 1 is 1.39 bits per heavy atom. The third-order valence-corrected chi connectivity index (χ3v) is 2.69. The van der Waals surface area contributed by atoms with Gasteiger partial charge in [-0.15, -0.1) is 0 Å². The predicted molar refractivity (Wildman–Crippen MR) is 70.1 cm³/mol. The van der Waals surface area contributed by atoms with E-state index < -0.39 is 12.1 Å². The first-order chi connectivity index (χ1) is 8.40. The van der Waals surface area contributed by atoms with Crippen molar-refractivity contribution in [3.63, 3.8) is 0 Å². The Kier molecular flexibility index (Phi) is 4.97. The third-order valence-electron chi connectivity index (χ3n) is 2.44. The van der Waals surface area contributed by atoms with Gasteiger partial charge < -0.3 is 16.0 Å². The van der Waals surface area contributed by atoms with Crippen molar-refractivity contribution in [3.05, 3.63) is 34.9 Å². The Labute approximate surface area is 111 Å². The van der Waals surface area contributed by atoms with Crippen LogP contribution in [0.3, 0.4) is 0 Å². The summed E-state index contributed by atoms with van der Waals surface area (Å²) in [6.07, 6.45) is 0. The molecular weight excluding hydrogens is 254 g/mol. The normalized spacial score (nSPS) is 11.7. The number of hydrogen-bond donors (Lipinski definition) is 2. The van der Waals surface area contributed by atoms with E-state index in [1.54, 1.807) is 26.1 Å². The van der Waals surface area contributed by atoms with E-state index in [9.17, 15) is 9.59 Å². The molecule has 0 radical (unpaired) electrons. The lowest BCUT2D eigenvalue weighted by molar-refractivity contribution is -0.132. The summed E-state index contributed by atoms with van der Waals surface area (Å²) in [6, 6.07) is 5.87. The van der Waals surface area contributed by atoms with Gasteiger partial charge in [0, 0.05) is 18.6 Å². The number of primary amides is 1. The van der Waals surface area contributed by atoms with Crippen LogP contribution in [0.15, 0.2) is 24.3 Å². The molecule has 98 valence electrons. The van der Waals surface area contributed by atoms with Gasteiger partial charge in [-0.1, -0.05) is 23.7 Å². The summed E-state index contributed by atoms with van der Waals surface area (Å²) in [5.74, 6) is -0.205. The maximum absolute atomic E-state index is 11.9. The van der Waals surface area contributed by atoms with Crippen LogP contribution < -0.4 is 11.1 Å². The topological polar surface area (TPSA) is 75.4 Å². The minimum absolute atomic E-state index is 0.205. The Bertz CT molecular complexity index is 433. The summed E-state index contributed by atoms with van der Waals surface area (Å²) >= 11 is 5.78. The molecule has 0 aromatic heterocycles. The van der Waals surface area contributed by atoms with Gasteiger partial charge in [0.2, 0.25) is 5.91 Å². The van der Waals surface area contributed by atoms with E-state index in [1.165, 1.54) is 4.90 Å². The summed E-state index contributed by atoms with van der Waals surface area (Å²) in [4.78, 5) is 24.1. The van der Waals surface area contributed by atoms with Crippen molar-refractivity contribution in [1.82, 2.24) is 10.2 Å². The molecule has 0 bridgehead atoms. The molecule has 1 rings (SSSR count). The maximum Gasteiger partial charge on any atom is 0.312 e. The average Bonchev–Trinajstić information content (AvgIpc) is 2.30. The summed E-state index contributed by atoms with van der Waals surface area (Å²) in [6.45, 7) is 2.03. The number of nitrogens with one attached hydrogen (secondary N) is 1. The van der Waals surface area contributed by atoms with Gasteiger partial charge in [-0.05, 0) is 24.6 Å². The molecule has 0 fully saturated rings. The molecule has 1 aromatic carbocycles. The zero-order valence-corrected chi connectivity index (χ0v) is 11.1. The van der Waals surface area contributed by atoms with Gasteiger partial charge >= 0.3 is 6.03 Å². The lowest BCUT2D eigenvalue weighted by Crippen LogP contribution is -2.47. The summed E-state index contributed by atoms with van der Waals surface area (Å²) in [5.41, 5.74) is 5.92. The van der Waals surface area contributed by atoms with E-state index >= 15 is 0 Å². The number of nitrogens with two attached hydrogens (primary N) is 1. The number of carbonyl (C=O) groups is 2. The van der Waals surface area contributed by atoms with Crippen molar-refractivity contribution in [1.29, 1.82) is 0 Å². The molecule has 1 unspecified atom stereocenters. The van der Waals surface area contributed by atoms with E-state index in [-0.39, 0.29) is 5.91 Å². The van der Waals surface area contributed by atoms with Crippen molar-refractivity contribution in [2.45, 2.75) is 19.5 Å². The molecule has 1 atom stereocenters. The molecule has 6 heteroatoms. The highest BCUT2D eigenvalue weighted by atomic mass is 35.5. The van der Waals surface area contributed by atoms with Crippen molar-refractivity contribution in [3.8, 4) is 0 Å². The van der Waals surface area contributed by atoms with E-state index in [0.717, 1.165) is 5.56 Å². The molecule has 5 nitrogen and oxygen atoms in total. The number of carbonyl (C=O) groups excluding carboxylic acids is 2. The Morgan fingerprint density at radius 3 is 2.44 bits per heavy atom. The van der Waals surface area contributed by atoms with Gasteiger partial charge in [0.15, 0.2) is 0 Å². The zero-order valence-electron chi connectivity index (χ0n) is 10.3. The Balaban J connectivity index is 2.59. The summed E-state index contributed by atoms with van der Waals surface area (Å²) in [5, 5.41) is 2.99. The number of nitrogens with zero attached hydrogens (tertiary/aromatic N) is 1. The minimum Gasteiger partial charge on any atom is -0.352 e. The van der Waals surface area contributed by atoms with Gasteiger partial charge in [0.25, 0.3) is 0 Å². The van der Waals surface area contributed by atoms with Gasteiger partial charge in [0.1, 0.15) is 6.04 Å². The van der Waals surface area contributed by atoms with E-state index in [2.05, 4.69) is 5.32 Å². The third kappa shape index (κ3) is 4.25. The molecule has 0 aliphatic carbocycles. The van der Waals surface area contributed by atoms with E-state index in [1.807, 2.05) is 12.1 Å². The van der Waals surface area contributed by atoms with Crippen molar-refractivity contribution in [2.24, 2.45) is 5.73 Å². The first-order valence-corrected chi connectivity index (χ1v) is 5.83. The molecule has 3 N–H and O–H groups in total. The first-order valence-electron chi connectivity index (χ1n) is 5.45. The summed E-state index contributed by atoms with van der Waals surface area (Å²) < 4.78 is 0. The van der Waals surface area contributed by atoms with Crippen molar-refractivity contribution in [2.75, 3.05) is 7.05 Å². The first kappa shape index (κ1) is 14.3. The number of urea groups is 1. The molecule has 0 heterocycles. The fourth-order valence-electron chi connectivity index (χ4n) is 1.55. The second kappa shape index (κ2) is 6.26. The Hall–Kier alpha value is -1.75. The van der Waals surface area contributed by atoms with Crippen LogP contribution in [0.2, 0.25) is 5.02 Å². The number of likely N-dealkylation sites (N-methyl/N-ethyl adjacent to an activating group) is 1. The standard InChI is InChI=1S/C12H16ClN3O2/c1-8(15-12(14)18)11(17)16(2)7-9-3-5-10(13)6-4-9/h3-6,8H,7H2,1-2H3,(H3,14,15,18). The van der Waals surface area contributed by atoms with Crippen LogP contribution in [0.1, 0.15) is 12.5 Å². The van der Waals surface area contributed by atoms with Crippen molar-refractivity contribution >= 4 is 23.5 Å². The fourth-order valence-corrected chi connectivity index (χ4v) is 1.67. The Morgan fingerprint density at radius 2 is 1.94 bits per heavy atom. The highest BCUT2D eigenvalue weighted by Gasteiger charge is 2.18. The zero-order chi connectivity index (χ0) is 13.7. The van der Waals surface area contributed by atoms with Gasteiger partial charge in [-0.2, -0.15) is 0 Å². The largest absolute Gasteiger partial charge is 0.352 e. The molecule has 0 spiro atoms. The fraction of sp³-hybridized carbons (Fsp3) is 0.333. The highest BCUT2D eigenvalue weighted by molar-refractivity contribution is 6.30. The number of halogens is 1. The molecule has 18 heavy (non-hydrogen) atoms. The van der Waals surface area contributed by atoms with Crippen LogP contribution in [-0.4, -0.2) is 29.9 Å². The second-order valence-corrected chi connectivity index (χ2v) is 4.49. The maximum atomic E-state index is 11.9. The smallest absolute Gasteiger partial charge is 0.312 e. The average molecular weight is 270 g/mol. The van der Waals surface area contributed by atoms with Gasteiger partial charge in [0.05, 0.1) is 0 Å². The van der Waals surface area contributed by atoms with Crippen LogP contribution in [0.4, 0.5) is 4.79 Å². The highest BCUT2D eigenvalue weighted by Crippen LogP contribution is 2.11. The number of hydrogen-bond acceptors (Lipinski definition) is 2. The lowest BCUT2D eigenvalue weighted by atomic mass is 10.2. The number of rotatable bonds is 4. The molecule has 0 saturated carbocycles. The summed E-state index contributed by atoms with van der Waals surface area (Å²) in [7, 11) is 1.66. The predicted octanol–water partition coefficient (Wildman–Crippen LogP) is 1.36. The van der Waals surface area contributed by atoms with Crippen LogP contribution >= 0.6 is 11.6 Å². The lowest BCUT2D eigenvalue weighted by Gasteiger charge is -2.21. The molecule has 0 aliphatic rings. The minimum atomic E-state index is -0.712. The van der Waals surface area contributed by atoms with Crippen LogP contribution in [0, 0.1) is 0 Å². The number of amides is 3. The quantitative estimate of drug-likeness (QED) is 0.866. The van der Waals surface area contributed by atoms with Crippen molar-refractivity contribution < 1.29 is 9.59 Å². The van der Waals surface area contributed by atoms with Gasteiger partial charge in [-0.3, -0.25) is 4.79 Å². The SMILES string of the molecule is CC(NC(N)=O)C(=O)N(C)Cc1ccc(Cl)cc1. The van der Waals surface area contributed by atoms with E-state index in [0.29, 0.717) is 11.6 Å². The second-order valence-electron chi connectivity index (χ2n) is 4.05. The monoisotopic (exact) mass is 269 g/mol. The molecule has 0 saturated heterocycles. The van der Waals surface area contributed by atoms with E-state index in [4.69, 9.17) is 17.3 Å². The molecule has 3 amide bonds. The molecule has 1 aromatic rings. The molecule has 0 aliphatic heterocycles. The molecular formula is C12H16ClN3O2. The number of benzene rings is 1. The van der Waals surface area contributed by atoms with Gasteiger partial charge in [-0.25, -0.2) is 4.79 Å². The van der Waals surface area contributed by atoms with Crippen LogP contribution in [0.25, 0.3) is 0 Å². The van der Waals surface area contributed by atoms with Crippen LogP contribution in [-0.2, 0) is 11.3 Å². The van der Waals surface area contributed by atoms with Crippen LogP contribution in [0.5, 0.6) is 0 Å².